The van der Waals surface area contributed by atoms with E-state index in [1.165, 1.54) is 183 Å². The maximum Gasteiger partial charge on any atom is 0.200 e. The minimum absolute atomic E-state index is 0.0491. The molecule has 20 nitrogen and oxygen atoms in total. The minimum atomic E-state index is -0.174. The maximum atomic E-state index is 12.3. The standard InChI is InChI=1S/5C15H10O4/c5*16-10-3-1-9(2-4-10)13-8-19-14-7-11(17)5-6-12(14)15(13)18/h5*1-8,16-17H. The van der Waals surface area contributed by atoms with Gasteiger partial charge in [0.05, 0.1) is 54.7 Å². The lowest BCUT2D eigenvalue weighted by Crippen LogP contribution is -2.04. The van der Waals surface area contributed by atoms with Crippen LogP contribution in [-0.4, -0.2) is 51.1 Å². The first kappa shape index (κ1) is 62.8. The molecule has 15 rings (SSSR count). The quantitative estimate of drug-likeness (QED) is 0.0765. The molecule has 0 radical (unpaired) electrons. The van der Waals surface area contributed by atoms with E-state index in [2.05, 4.69) is 0 Å². The molecule has 0 fully saturated rings. The highest BCUT2D eigenvalue weighted by Gasteiger charge is 2.15. The molecule has 0 amide bonds. The van der Waals surface area contributed by atoms with Crippen molar-refractivity contribution in [3.63, 3.8) is 0 Å². The number of phenolic OH excluding ortho intramolecular Hbond substituents is 10. The van der Waals surface area contributed by atoms with Crippen molar-refractivity contribution in [1.29, 1.82) is 0 Å². The van der Waals surface area contributed by atoms with Gasteiger partial charge in [-0.25, -0.2) is 0 Å². The molecule has 95 heavy (non-hydrogen) atoms. The summed E-state index contributed by atoms with van der Waals surface area (Å²) < 4.78 is 26.8. The summed E-state index contributed by atoms with van der Waals surface area (Å²) >= 11 is 0. The van der Waals surface area contributed by atoms with Crippen LogP contribution in [0.5, 0.6) is 57.5 Å². The molecule has 0 spiro atoms. The number of hydrogen-bond acceptors (Lipinski definition) is 20. The molecule has 0 saturated heterocycles. The topological polar surface area (TPSA) is 353 Å². The van der Waals surface area contributed by atoms with E-state index in [1.807, 2.05) is 0 Å². The van der Waals surface area contributed by atoms with Gasteiger partial charge in [-0.15, -0.1) is 0 Å². The fourth-order valence-electron chi connectivity index (χ4n) is 9.79. The first-order chi connectivity index (χ1) is 45.7. The Hall–Kier alpha value is -13.8. The summed E-state index contributed by atoms with van der Waals surface area (Å²) in [6, 6.07) is 53.4. The van der Waals surface area contributed by atoms with Gasteiger partial charge in [-0.1, -0.05) is 60.7 Å². The van der Waals surface area contributed by atoms with E-state index in [9.17, 15) is 75.0 Å². The zero-order valence-corrected chi connectivity index (χ0v) is 49.1. The summed E-state index contributed by atoms with van der Waals surface area (Å²) in [7, 11) is 0. The molecule has 5 heterocycles. The lowest BCUT2D eigenvalue weighted by Gasteiger charge is -2.03. The van der Waals surface area contributed by atoms with Crippen LogP contribution in [0.15, 0.2) is 290 Å². The van der Waals surface area contributed by atoms with Gasteiger partial charge in [0.25, 0.3) is 0 Å². The van der Waals surface area contributed by atoms with E-state index in [-0.39, 0.29) is 84.6 Å². The van der Waals surface area contributed by atoms with Crippen LogP contribution in [0.1, 0.15) is 0 Å². The summed E-state index contributed by atoms with van der Waals surface area (Å²) in [5.41, 5.74) is 6.25. The Balaban J connectivity index is 0.000000121. The maximum absolute atomic E-state index is 12.3. The number of rotatable bonds is 5. The van der Waals surface area contributed by atoms with Crippen molar-refractivity contribution in [3.05, 3.63) is 295 Å². The molecule has 5 aromatic heterocycles. The lowest BCUT2D eigenvalue weighted by atomic mass is 10.1. The Morgan fingerprint density at radius 2 is 0.316 bits per heavy atom. The third-order valence-electron chi connectivity index (χ3n) is 14.7. The van der Waals surface area contributed by atoms with Crippen LogP contribution in [0.25, 0.3) is 110 Å². The molecule has 0 saturated carbocycles. The van der Waals surface area contributed by atoms with Crippen LogP contribution in [0, 0.1) is 0 Å². The number of hydrogen-bond donors (Lipinski definition) is 10. The summed E-state index contributed by atoms with van der Waals surface area (Å²) in [6.07, 6.45) is 6.79. The van der Waals surface area contributed by atoms with E-state index < -0.39 is 0 Å². The van der Waals surface area contributed by atoms with Crippen molar-refractivity contribution in [1.82, 2.24) is 0 Å². The van der Waals surface area contributed by atoms with Crippen molar-refractivity contribution in [3.8, 4) is 113 Å². The Labute approximate surface area is 533 Å². The van der Waals surface area contributed by atoms with Gasteiger partial charge in [0.15, 0.2) is 27.1 Å². The SMILES string of the molecule is O=c1c(-c2ccc(O)cc2)coc2cc(O)ccc12.O=c1c(-c2ccc(O)cc2)coc2cc(O)ccc12.O=c1c(-c2ccc(O)cc2)coc2cc(O)ccc12.O=c1c(-c2ccc(O)cc2)coc2cc(O)ccc12.O=c1c(-c2ccc(O)cc2)coc2cc(O)ccc12. The van der Waals surface area contributed by atoms with Crippen molar-refractivity contribution >= 4 is 54.8 Å². The Kier molecular flexibility index (Phi) is 18.0. The van der Waals surface area contributed by atoms with Gasteiger partial charge < -0.3 is 73.2 Å². The molecule has 0 unspecified atom stereocenters. The van der Waals surface area contributed by atoms with Gasteiger partial charge in [-0.3, -0.25) is 24.0 Å². The van der Waals surface area contributed by atoms with Gasteiger partial charge in [0.2, 0.25) is 0 Å². The third kappa shape index (κ3) is 14.2. The van der Waals surface area contributed by atoms with Crippen molar-refractivity contribution in [2.75, 3.05) is 0 Å². The molecular formula is C75H50O20. The summed E-state index contributed by atoms with van der Waals surface area (Å²) in [5, 5.41) is 95.0. The number of benzene rings is 10. The second kappa shape index (κ2) is 27.2. The zero-order chi connectivity index (χ0) is 67.0. The van der Waals surface area contributed by atoms with E-state index in [1.54, 1.807) is 60.7 Å². The Morgan fingerprint density at radius 1 is 0.179 bits per heavy atom. The Morgan fingerprint density at radius 3 is 0.463 bits per heavy atom. The largest absolute Gasteiger partial charge is 0.508 e. The van der Waals surface area contributed by atoms with E-state index in [0.717, 1.165) is 0 Å². The van der Waals surface area contributed by atoms with E-state index >= 15 is 0 Å². The van der Waals surface area contributed by atoms with Crippen LogP contribution in [0.4, 0.5) is 0 Å². The van der Waals surface area contributed by atoms with Crippen LogP contribution >= 0.6 is 0 Å². The number of fused-ring (bicyclic) bond motifs is 5. The number of phenols is 10. The molecule has 0 atom stereocenters. The molecule has 0 aliphatic heterocycles. The van der Waals surface area contributed by atoms with Gasteiger partial charge >= 0.3 is 0 Å². The molecule has 10 aromatic carbocycles. The molecule has 0 bridgehead atoms. The second-order valence-corrected chi connectivity index (χ2v) is 21.0. The Bertz CT molecular complexity index is 4820. The van der Waals surface area contributed by atoms with Gasteiger partial charge in [-0.2, -0.15) is 0 Å². The molecule has 20 heteroatoms. The monoisotopic (exact) mass is 1270 g/mol. The normalized spacial score (nSPS) is 10.7. The molecule has 10 N–H and O–H groups in total. The van der Waals surface area contributed by atoms with E-state index in [0.29, 0.717) is 110 Å². The second-order valence-electron chi connectivity index (χ2n) is 21.0. The fraction of sp³-hybridized carbons (Fsp3) is 0. The smallest absolute Gasteiger partial charge is 0.200 e. The van der Waals surface area contributed by atoms with Crippen molar-refractivity contribution in [2.24, 2.45) is 0 Å². The van der Waals surface area contributed by atoms with Crippen LogP contribution in [0.3, 0.4) is 0 Å². The van der Waals surface area contributed by atoms with Crippen molar-refractivity contribution in [2.45, 2.75) is 0 Å². The highest BCUT2D eigenvalue weighted by molar-refractivity contribution is 5.87. The first-order valence-electron chi connectivity index (χ1n) is 28.4. The number of aromatic hydroxyl groups is 10. The van der Waals surface area contributed by atoms with Gasteiger partial charge in [0.1, 0.15) is 117 Å². The van der Waals surface area contributed by atoms with Crippen LogP contribution in [0.2, 0.25) is 0 Å². The summed E-state index contributed by atoms with van der Waals surface area (Å²) in [6.45, 7) is 0. The molecular weight excluding hydrogens is 1220 g/mol. The van der Waals surface area contributed by atoms with Crippen molar-refractivity contribution < 1.29 is 73.2 Å². The molecule has 470 valence electrons. The molecule has 15 aromatic rings. The predicted molar refractivity (Wildman–Crippen MR) is 356 cm³/mol. The average Bonchev–Trinajstić information content (AvgIpc) is 0.888. The lowest BCUT2D eigenvalue weighted by molar-refractivity contribution is 0.473. The first-order valence-corrected chi connectivity index (χ1v) is 28.4. The van der Waals surface area contributed by atoms with Gasteiger partial charge in [-0.05, 0) is 149 Å². The predicted octanol–water partition coefficient (Wildman–Crippen LogP) is 14.4. The highest BCUT2D eigenvalue weighted by Crippen LogP contribution is 2.30. The zero-order valence-electron chi connectivity index (χ0n) is 49.1. The highest BCUT2D eigenvalue weighted by atomic mass is 16.3. The van der Waals surface area contributed by atoms with Gasteiger partial charge in [0, 0.05) is 30.3 Å². The minimum Gasteiger partial charge on any atom is -0.508 e. The fourth-order valence-corrected chi connectivity index (χ4v) is 9.79. The third-order valence-corrected chi connectivity index (χ3v) is 14.7. The van der Waals surface area contributed by atoms with Crippen LogP contribution in [-0.2, 0) is 0 Å². The molecule has 0 aliphatic rings. The molecule has 0 aliphatic carbocycles. The summed E-state index contributed by atoms with van der Waals surface area (Å²) in [4.78, 5) is 61.6. The van der Waals surface area contributed by atoms with E-state index in [4.69, 9.17) is 22.1 Å². The summed E-state index contributed by atoms with van der Waals surface area (Å²) in [5.74, 6) is 0.935. The van der Waals surface area contributed by atoms with Crippen LogP contribution < -0.4 is 27.1 Å². The average molecular weight is 1270 g/mol.